The van der Waals surface area contributed by atoms with Crippen LogP contribution in [-0.4, -0.2) is 34.8 Å². The summed E-state index contributed by atoms with van der Waals surface area (Å²) in [4.78, 5) is 12.3. The van der Waals surface area contributed by atoms with Gasteiger partial charge in [-0.2, -0.15) is 15.0 Å². The van der Waals surface area contributed by atoms with E-state index in [2.05, 4.69) is 15.0 Å². The van der Waals surface area contributed by atoms with Crippen molar-refractivity contribution >= 4 is 11.6 Å². The Bertz CT molecular complexity index is 651. The average molecular weight is 308 g/mol. The molecule has 21 heavy (non-hydrogen) atoms. The van der Waals surface area contributed by atoms with Gasteiger partial charge in [-0.3, -0.25) is 0 Å². The number of halogens is 1. The van der Waals surface area contributed by atoms with Gasteiger partial charge in [0.1, 0.15) is 13.2 Å². The summed E-state index contributed by atoms with van der Waals surface area (Å²) in [6.45, 7) is 3.61. The molecule has 6 nitrogen and oxygen atoms in total. The molecular weight excluding hydrogens is 294 g/mol. The van der Waals surface area contributed by atoms with Crippen LogP contribution in [0.3, 0.4) is 0 Å². The van der Waals surface area contributed by atoms with Crippen molar-refractivity contribution in [3.05, 3.63) is 23.5 Å². The van der Waals surface area contributed by atoms with E-state index < -0.39 is 0 Å². The summed E-state index contributed by atoms with van der Waals surface area (Å²) in [5.41, 5.74) is 0.768. The zero-order chi connectivity index (χ0) is 14.7. The molecule has 1 aromatic carbocycles. The van der Waals surface area contributed by atoms with Crippen LogP contribution in [-0.2, 0) is 0 Å². The van der Waals surface area contributed by atoms with Crippen LogP contribution in [0.15, 0.2) is 18.2 Å². The van der Waals surface area contributed by atoms with Crippen LogP contribution in [0.5, 0.6) is 17.5 Å². The van der Waals surface area contributed by atoms with Gasteiger partial charge in [-0.05, 0) is 36.2 Å². The summed E-state index contributed by atoms with van der Waals surface area (Å²) in [6.07, 6.45) is 0.864. The first-order chi connectivity index (χ1) is 10.3. The molecule has 0 bridgehead atoms. The summed E-state index contributed by atoms with van der Waals surface area (Å²) in [7, 11) is 0. The summed E-state index contributed by atoms with van der Waals surface area (Å²) in [5.74, 6) is 1.83. The molecule has 0 amide bonds. The van der Waals surface area contributed by atoms with Gasteiger partial charge >= 0.3 is 6.01 Å². The Kier molecular flexibility index (Phi) is 4.06. The summed E-state index contributed by atoms with van der Waals surface area (Å²) in [6, 6.07) is 5.72. The SMILES string of the molecule is CCCOc1nc(Cl)nc(-c2ccc3c(c2)OCCO3)n1. The maximum absolute atomic E-state index is 5.92. The number of benzene rings is 1. The molecule has 2 aromatic rings. The standard InChI is InChI=1S/C14H14ClN3O3/c1-2-5-21-14-17-12(16-13(15)18-14)9-3-4-10-11(8-9)20-7-6-19-10/h3-4,8H,2,5-7H2,1H3. The Morgan fingerprint density at radius 3 is 2.76 bits per heavy atom. The van der Waals surface area contributed by atoms with E-state index in [-0.39, 0.29) is 11.3 Å². The third-order valence-electron chi connectivity index (χ3n) is 2.82. The lowest BCUT2D eigenvalue weighted by Gasteiger charge is -2.18. The smallest absolute Gasteiger partial charge is 0.321 e. The number of fused-ring (bicyclic) bond motifs is 1. The fraction of sp³-hybridized carbons (Fsp3) is 0.357. The highest BCUT2D eigenvalue weighted by atomic mass is 35.5. The average Bonchev–Trinajstić information content (AvgIpc) is 2.52. The molecule has 1 aromatic heterocycles. The number of aromatic nitrogens is 3. The highest BCUT2D eigenvalue weighted by Gasteiger charge is 2.15. The Hall–Kier alpha value is -2.08. The number of nitrogens with zero attached hydrogens (tertiary/aromatic N) is 3. The normalized spacial score (nSPS) is 13.0. The van der Waals surface area contributed by atoms with Crippen LogP contribution in [0.4, 0.5) is 0 Å². The minimum atomic E-state index is 0.0981. The lowest BCUT2D eigenvalue weighted by Crippen LogP contribution is -2.15. The largest absolute Gasteiger partial charge is 0.486 e. The molecule has 0 aliphatic carbocycles. The Labute approximate surface area is 127 Å². The second kappa shape index (κ2) is 6.13. The number of ether oxygens (including phenoxy) is 3. The summed E-state index contributed by atoms with van der Waals surface area (Å²) < 4.78 is 16.4. The molecule has 0 unspecified atom stereocenters. The van der Waals surface area contributed by atoms with E-state index in [1.54, 1.807) is 0 Å². The molecule has 7 heteroatoms. The molecule has 0 fully saturated rings. The van der Waals surface area contributed by atoms with Crippen molar-refractivity contribution in [3.8, 4) is 28.9 Å². The molecule has 1 aliphatic heterocycles. The van der Waals surface area contributed by atoms with Crippen LogP contribution < -0.4 is 14.2 Å². The van der Waals surface area contributed by atoms with Gasteiger partial charge in [-0.1, -0.05) is 6.92 Å². The first-order valence-corrected chi connectivity index (χ1v) is 7.08. The highest BCUT2D eigenvalue weighted by molar-refractivity contribution is 6.28. The van der Waals surface area contributed by atoms with Gasteiger partial charge in [-0.25, -0.2) is 0 Å². The van der Waals surface area contributed by atoms with Gasteiger partial charge in [-0.15, -0.1) is 0 Å². The molecule has 0 spiro atoms. The number of hydrogen-bond acceptors (Lipinski definition) is 6. The lowest BCUT2D eigenvalue weighted by atomic mass is 10.2. The van der Waals surface area contributed by atoms with Crippen LogP contribution in [0, 0.1) is 0 Å². The van der Waals surface area contributed by atoms with E-state index in [1.165, 1.54) is 0 Å². The van der Waals surface area contributed by atoms with Crippen molar-refractivity contribution < 1.29 is 14.2 Å². The van der Waals surface area contributed by atoms with E-state index in [4.69, 9.17) is 25.8 Å². The fourth-order valence-corrected chi connectivity index (χ4v) is 2.05. The molecule has 0 atom stereocenters. The molecule has 0 saturated carbocycles. The van der Waals surface area contributed by atoms with Crippen LogP contribution in [0.25, 0.3) is 11.4 Å². The molecule has 2 heterocycles. The Morgan fingerprint density at radius 2 is 1.95 bits per heavy atom. The highest BCUT2D eigenvalue weighted by Crippen LogP contribution is 2.33. The minimum Gasteiger partial charge on any atom is -0.486 e. The second-order valence-corrected chi connectivity index (χ2v) is 4.76. The van der Waals surface area contributed by atoms with E-state index >= 15 is 0 Å². The summed E-state index contributed by atoms with van der Waals surface area (Å²) in [5, 5.41) is 0.0981. The molecule has 0 saturated heterocycles. The van der Waals surface area contributed by atoms with Gasteiger partial charge in [0.05, 0.1) is 6.61 Å². The van der Waals surface area contributed by atoms with E-state index in [0.29, 0.717) is 37.1 Å². The molecule has 110 valence electrons. The third kappa shape index (κ3) is 3.16. The van der Waals surface area contributed by atoms with E-state index in [0.717, 1.165) is 12.0 Å². The molecule has 1 aliphatic rings. The first-order valence-electron chi connectivity index (χ1n) is 6.70. The zero-order valence-corrected chi connectivity index (χ0v) is 12.3. The fourth-order valence-electron chi connectivity index (χ4n) is 1.90. The molecule has 0 radical (unpaired) electrons. The monoisotopic (exact) mass is 307 g/mol. The van der Waals surface area contributed by atoms with Crippen molar-refractivity contribution in [1.29, 1.82) is 0 Å². The predicted molar refractivity (Wildman–Crippen MR) is 77.0 cm³/mol. The van der Waals surface area contributed by atoms with Crippen LogP contribution in [0.2, 0.25) is 5.28 Å². The minimum absolute atomic E-state index is 0.0981. The quantitative estimate of drug-likeness (QED) is 0.865. The first kappa shape index (κ1) is 13.9. The maximum atomic E-state index is 5.92. The number of hydrogen-bond donors (Lipinski definition) is 0. The van der Waals surface area contributed by atoms with Crippen LogP contribution in [0.1, 0.15) is 13.3 Å². The lowest BCUT2D eigenvalue weighted by molar-refractivity contribution is 0.171. The van der Waals surface area contributed by atoms with Crippen molar-refractivity contribution in [2.45, 2.75) is 13.3 Å². The maximum Gasteiger partial charge on any atom is 0.321 e. The van der Waals surface area contributed by atoms with E-state index in [1.807, 2.05) is 25.1 Å². The van der Waals surface area contributed by atoms with Crippen molar-refractivity contribution in [3.63, 3.8) is 0 Å². The van der Waals surface area contributed by atoms with Gasteiger partial charge in [0, 0.05) is 5.56 Å². The van der Waals surface area contributed by atoms with E-state index in [9.17, 15) is 0 Å². The Balaban J connectivity index is 1.94. The van der Waals surface area contributed by atoms with Crippen molar-refractivity contribution in [1.82, 2.24) is 15.0 Å². The molecule has 0 N–H and O–H groups in total. The van der Waals surface area contributed by atoms with Crippen LogP contribution >= 0.6 is 11.6 Å². The Morgan fingerprint density at radius 1 is 1.14 bits per heavy atom. The predicted octanol–water partition coefficient (Wildman–Crippen LogP) is 2.75. The zero-order valence-electron chi connectivity index (χ0n) is 11.5. The van der Waals surface area contributed by atoms with Gasteiger partial charge in [0.15, 0.2) is 17.3 Å². The topological polar surface area (TPSA) is 66.4 Å². The molecule has 3 rings (SSSR count). The van der Waals surface area contributed by atoms with Gasteiger partial charge < -0.3 is 14.2 Å². The molecular formula is C14H14ClN3O3. The van der Waals surface area contributed by atoms with Crippen molar-refractivity contribution in [2.24, 2.45) is 0 Å². The van der Waals surface area contributed by atoms with Gasteiger partial charge in [0.25, 0.3) is 0 Å². The summed E-state index contributed by atoms with van der Waals surface area (Å²) >= 11 is 5.92. The number of rotatable bonds is 4. The van der Waals surface area contributed by atoms with Crippen molar-refractivity contribution in [2.75, 3.05) is 19.8 Å². The van der Waals surface area contributed by atoms with Gasteiger partial charge in [0.2, 0.25) is 5.28 Å². The second-order valence-electron chi connectivity index (χ2n) is 4.42. The third-order valence-corrected chi connectivity index (χ3v) is 2.99.